The van der Waals surface area contributed by atoms with Crippen LogP contribution in [-0.4, -0.2) is 51.2 Å². The molecule has 1 fully saturated rings. The van der Waals surface area contributed by atoms with Crippen LogP contribution in [-0.2, 0) is 14.8 Å². The average Bonchev–Trinajstić information content (AvgIpc) is 2.35. The van der Waals surface area contributed by atoms with Crippen LogP contribution in [0.4, 0.5) is 0 Å². The van der Waals surface area contributed by atoms with Gasteiger partial charge in [0.05, 0.1) is 12.3 Å². The minimum atomic E-state index is -3.16. The summed E-state index contributed by atoms with van der Waals surface area (Å²) in [6.07, 6.45) is 4.58. The Morgan fingerprint density at radius 3 is 2.79 bits per heavy atom. The Balaban J connectivity index is 2.47. The number of amides is 1. The number of rotatable bonds is 6. The fourth-order valence-electron chi connectivity index (χ4n) is 2.37. The number of carbonyl (C=O) groups is 1. The van der Waals surface area contributed by atoms with Gasteiger partial charge in [-0.1, -0.05) is 13.3 Å². The summed E-state index contributed by atoms with van der Waals surface area (Å²) < 4.78 is 24.7. The highest BCUT2D eigenvalue weighted by atomic mass is 32.2. The molecule has 0 aromatic rings. The van der Waals surface area contributed by atoms with Gasteiger partial charge in [-0.25, -0.2) is 13.1 Å². The zero-order valence-electron chi connectivity index (χ0n) is 11.8. The molecule has 1 amide bonds. The third-order valence-corrected chi connectivity index (χ3v) is 4.07. The minimum absolute atomic E-state index is 0.00842. The van der Waals surface area contributed by atoms with Crippen LogP contribution in [0.15, 0.2) is 0 Å². The average molecular weight is 291 g/mol. The van der Waals surface area contributed by atoms with Crippen LogP contribution in [0.1, 0.15) is 32.6 Å². The second-order valence-electron chi connectivity index (χ2n) is 5.31. The second kappa shape index (κ2) is 7.21. The predicted molar refractivity (Wildman–Crippen MR) is 75.0 cm³/mol. The maximum Gasteiger partial charge on any atom is 0.239 e. The summed E-state index contributed by atoms with van der Waals surface area (Å²) in [5.41, 5.74) is 5.84. The van der Waals surface area contributed by atoms with E-state index in [9.17, 15) is 13.2 Å². The van der Waals surface area contributed by atoms with Crippen molar-refractivity contribution in [2.24, 2.45) is 11.7 Å². The lowest BCUT2D eigenvalue weighted by atomic mass is 9.97. The molecule has 1 aliphatic heterocycles. The highest BCUT2D eigenvalue weighted by molar-refractivity contribution is 7.88. The van der Waals surface area contributed by atoms with Gasteiger partial charge in [-0.15, -0.1) is 0 Å². The molecule has 0 bridgehead atoms. The third-order valence-electron chi connectivity index (χ3n) is 3.38. The van der Waals surface area contributed by atoms with Gasteiger partial charge in [-0.2, -0.15) is 0 Å². The molecule has 19 heavy (non-hydrogen) atoms. The molecule has 3 N–H and O–H groups in total. The van der Waals surface area contributed by atoms with Crippen LogP contribution in [0.25, 0.3) is 0 Å². The molecule has 0 spiro atoms. The molecule has 2 unspecified atom stereocenters. The van der Waals surface area contributed by atoms with Gasteiger partial charge in [0.2, 0.25) is 15.9 Å². The van der Waals surface area contributed by atoms with E-state index in [1.165, 1.54) is 0 Å². The van der Waals surface area contributed by atoms with E-state index < -0.39 is 16.1 Å². The molecule has 0 saturated carbocycles. The standard InChI is InChI=1S/C12H25N3O3S/c1-3-5-11(13)12(16)15-7-4-6-10(9-15)8-14-19(2,17)18/h10-11,14H,3-9,13H2,1-2H3. The maximum absolute atomic E-state index is 12.1. The molecule has 0 aromatic heterocycles. The van der Waals surface area contributed by atoms with Crippen LogP contribution in [0.3, 0.4) is 0 Å². The van der Waals surface area contributed by atoms with E-state index in [1.807, 2.05) is 6.92 Å². The largest absolute Gasteiger partial charge is 0.341 e. The number of nitrogens with two attached hydrogens (primary N) is 1. The van der Waals surface area contributed by atoms with Crippen molar-refractivity contribution >= 4 is 15.9 Å². The van der Waals surface area contributed by atoms with Crippen molar-refractivity contribution in [1.82, 2.24) is 9.62 Å². The van der Waals surface area contributed by atoms with E-state index in [4.69, 9.17) is 5.73 Å². The first kappa shape index (κ1) is 16.4. The van der Waals surface area contributed by atoms with E-state index in [2.05, 4.69) is 4.72 Å². The first-order valence-corrected chi connectivity index (χ1v) is 8.71. The van der Waals surface area contributed by atoms with Gasteiger partial charge in [-0.3, -0.25) is 4.79 Å². The molecule has 1 heterocycles. The van der Waals surface area contributed by atoms with E-state index in [0.29, 0.717) is 19.5 Å². The molecule has 7 heteroatoms. The topological polar surface area (TPSA) is 92.5 Å². The summed E-state index contributed by atoms with van der Waals surface area (Å²) in [5, 5.41) is 0. The quantitative estimate of drug-likeness (QED) is 0.715. The van der Waals surface area contributed by atoms with Crippen molar-refractivity contribution in [1.29, 1.82) is 0 Å². The fourth-order valence-corrected chi connectivity index (χ4v) is 2.91. The van der Waals surface area contributed by atoms with Gasteiger partial charge in [-0.05, 0) is 25.2 Å². The number of carbonyl (C=O) groups excluding carboxylic acids is 1. The van der Waals surface area contributed by atoms with Gasteiger partial charge in [0, 0.05) is 19.6 Å². The zero-order chi connectivity index (χ0) is 14.5. The Morgan fingerprint density at radius 2 is 2.21 bits per heavy atom. The Kier molecular flexibility index (Phi) is 6.22. The Labute approximate surface area is 115 Å². The summed E-state index contributed by atoms with van der Waals surface area (Å²) in [5.74, 6) is 0.173. The highest BCUT2D eigenvalue weighted by Gasteiger charge is 2.26. The van der Waals surface area contributed by atoms with Gasteiger partial charge in [0.25, 0.3) is 0 Å². The monoisotopic (exact) mass is 291 g/mol. The number of nitrogens with one attached hydrogen (secondary N) is 1. The summed E-state index contributed by atoms with van der Waals surface area (Å²) in [7, 11) is -3.16. The lowest BCUT2D eigenvalue weighted by Crippen LogP contribution is -2.49. The van der Waals surface area contributed by atoms with Crippen LogP contribution in [0.5, 0.6) is 0 Å². The Morgan fingerprint density at radius 1 is 1.53 bits per heavy atom. The van der Waals surface area contributed by atoms with Crippen molar-refractivity contribution in [2.75, 3.05) is 25.9 Å². The number of hydrogen-bond acceptors (Lipinski definition) is 4. The number of likely N-dealkylation sites (tertiary alicyclic amines) is 1. The smallest absolute Gasteiger partial charge is 0.239 e. The molecule has 1 aliphatic rings. The number of piperidine rings is 1. The van der Waals surface area contributed by atoms with Crippen molar-refractivity contribution < 1.29 is 13.2 Å². The molecule has 6 nitrogen and oxygen atoms in total. The first-order chi connectivity index (χ1) is 8.83. The Hall–Kier alpha value is -0.660. The fraction of sp³-hybridized carbons (Fsp3) is 0.917. The summed E-state index contributed by atoms with van der Waals surface area (Å²) >= 11 is 0. The van der Waals surface area contributed by atoms with Crippen molar-refractivity contribution in [3.05, 3.63) is 0 Å². The molecule has 0 aromatic carbocycles. The zero-order valence-corrected chi connectivity index (χ0v) is 12.6. The maximum atomic E-state index is 12.1. The van der Waals surface area contributed by atoms with Gasteiger partial charge in [0.15, 0.2) is 0 Å². The summed E-state index contributed by atoms with van der Waals surface area (Å²) in [6.45, 7) is 3.72. The summed E-state index contributed by atoms with van der Waals surface area (Å²) in [4.78, 5) is 13.9. The molecule has 0 aliphatic carbocycles. The number of nitrogens with zero attached hydrogens (tertiary/aromatic N) is 1. The molecular weight excluding hydrogens is 266 g/mol. The molecule has 2 atom stereocenters. The van der Waals surface area contributed by atoms with E-state index in [-0.39, 0.29) is 11.8 Å². The predicted octanol–water partition coefficient (Wildman–Crippen LogP) is -0.0984. The first-order valence-electron chi connectivity index (χ1n) is 6.82. The van der Waals surface area contributed by atoms with Gasteiger partial charge < -0.3 is 10.6 Å². The molecule has 1 saturated heterocycles. The van der Waals surface area contributed by atoms with Crippen molar-refractivity contribution in [3.8, 4) is 0 Å². The second-order valence-corrected chi connectivity index (χ2v) is 7.14. The van der Waals surface area contributed by atoms with Crippen molar-refractivity contribution in [2.45, 2.75) is 38.6 Å². The normalized spacial score (nSPS) is 22.3. The van der Waals surface area contributed by atoms with E-state index in [0.717, 1.165) is 32.1 Å². The van der Waals surface area contributed by atoms with Crippen LogP contribution < -0.4 is 10.5 Å². The molecule has 1 rings (SSSR count). The number of sulfonamides is 1. The Bertz CT molecular complexity index is 397. The lowest BCUT2D eigenvalue weighted by molar-refractivity contribution is -0.134. The highest BCUT2D eigenvalue weighted by Crippen LogP contribution is 2.17. The van der Waals surface area contributed by atoms with E-state index >= 15 is 0 Å². The van der Waals surface area contributed by atoms with E-state index in [1.54, 1.807) is 4.90 Å². The van der Waals surface area contributed by atoms with Crippen LogP contribution >= 0.6 is 0 Å². The lowest BCUT2D eigenvalue weighted by Gasteiger charge is -2.34. The molecular formula is C12H25N3O3S. The van der Waals surface area contributed by atoms with Gasteiger partial charge in [0.1, 0.15) is 0 Å². The third kappa shape index (κ3) is 5.88. The van der Waals surface area contributed by atoms with Gasteiger partial charge >= 0.3 is 0 Å². The van der Waals surface area contributed by atoms with Crippen molar-refractivity contribution in [3.63, 3.8) is 0 Å². The minimum Gasteiger partial charge on any atom is -0.341 e. The summed E-state index contributed by atoms with van der Waals surface area (Å²) in [6, 6.07) is -0.424. The SMILES string of the molecule is CCCC(N)C(=O)N1CCCC(CNS(C)(=O)=O)C1. The van der Waals surface area contributed by atoms with Crippen LogP contribution in [0.2, 0.25) is 0 Å². The number of hydrogen-bond donors (Lipinski definition) is 2. The molecule has 0 radical (unpaired) electrons. The van der Waals surface area contributed by atoms with Crippen LogP contribution in [0, 0.1) is 5.92 Å². The molecule has 112 valence electrons.